The second-order valence-corrected chi connectivity index (χ2v) is 5.63. The van der Waals surface area contributed by atoms with Crippen LogP contribution in [0.15, 0.2) is 29.6 Å². The minimum Gasteiger partial charge on any atom is -0.271 e. The van der Waals surface area contributed by atoms with Gasteiger partial charge in [-0.2, -0.15) is 0 Å². The Hall–Kier alpha value is -0.870. The van der Waals surface area contributed by atoms with Gasteiger partial charge in [-0.25, -0.2) is 5.43 Å². The first-order valence-corrected chi connectivity index (χ1v) is 7.21. The van der Waals surface area contributed by atoms with Crippen LogP contribution in [-0.2, 0) is 6.42 Å². The van der Waals surface area contributed by atoms with Gasteiger partial charge in [0.2, 0.25) is 0 Å². The molecule has 2 nitrogen and oxygen atoms in total. The van der Waals surface area contributed by atoms with E-state index in [2.05, 4.69) is 29.9 Å². The SMILES string of the molecule is CCc1ccsc1C(NN)c1ccc(C)c(Cl)c1. The summed E-state index contributed by atoms with van der Waals surface area (Å²) < 4.78 is 0. The highest BCUT2D eigenvalue weighted by Gasteiger charge is 2.17. The normalized spacial score (nSPS) is 12.7. The van der Waals surface area contributed by atoms with E-state index in [1.165, 1.54) is 10.4 Å². The van der Waals surface area contributed by atoms with Crippen LogP contribution in [0.25, 0.3) is 0 Å². The smallest absolute Gasteiger partial charge is 0.0805 e. The van der Waals surface area contributed by atoms with Gasteiger partial charge in [-0.1, -0.05) is 30.7 Å². The molecule has 1 heterocycles. The molecule has 4 heteroatoms. The Kier molecular flexibility index (Phi) is 4.40. The van der Waals surface area contributed by atoms with Gasteiger partial charge in [0.15, 0.2) is 0 Å². The monoisotopic (exact) mass is 280 g/mol. The Morgan fingerprint density at radius 3 is 2.78 bits per heavy atom. The number of hydrazine groups is 1. The summed E-state index contributed by atoms with van der Waals surface area (Å²) in [4.78, 5) is 1.26. The van der Waals surface area contributed by atoms with Gasteiger partial charge in [0.05, 0.1) is 6.04 Å². The lowest BCUT2D eigenvalue weighted by Crippen LogP contribution is -2.28. The van der Waals surface area contributed by atoms with E-state index in [1.54, 1.807) is 11.3 Å². The van der Waals surface area contributed by atoms with Crippen LogP contribution in [-0.4, -0.2) is 0 Å². The summed E-state index contributed by atoms with van der Waals surface area (Å²) in [5, 5.41) is 2.89. The van der Waals surface area contributed by atoms with E-state index in [9.17, 15) is 0 Å². The Bertz CT molecular complexity index is 536. The maximum absolute atomic E-state index is 6.18. The van der Waals surface area contributed by atoms with Gasteiger partial charge in [-0.15, -0.1) is 11.3 Å². The first kappa shape index (κ1) is 13.6. The third-order valence-corrected chi connectivity index (χ3v) is 4.55. The second-order valence-electron chi connectivity index (χ2n) is 4.27. The van der Waals surface area contributed by atoms with Gasteiger partial charge < -0.3 is 0 Å². The van der Waals surface area contributed by atoms with Crippen LogP contribution in [0.2, 0.25) is 5.02 Å². The van der Waals surface area contributed by atoms with Gasteiger partial charge in [0.1, 0.15) is 0 Å². The second kappa shape index (κ2) is 5.85. The van der Waals surface area contributed by atoms with Gasteiger partial charge in [0, 0.05) is 9.90 Å². The molecule has 1 atom stereocenters. The molecule has 0 bridgehead atoms. The molecule has 18 heavy (non-hydrogen) atoms. The molecule has 1 aromatic carbocycles. The fourth-order valence-electron chi connectivity index (χ4n) is 2.00. The van der Waals surface area contributed by atoms with E-state index in [-0.39, 0.29) is 6.04 Å². The average molecular weight is 281 g/mol. The van der Waals surface area contributed by atoms with Crippen LogP contribution in [0.1, 0.15) is 34.5 Å². The fraction of sp³-hybridized carbons (Fsp3) is 0.286. The number of thiophene rings is 1. The lowest BCUT2D eigenvalue weighted by molar-refractivity contribution is 0.642. The van der Waals surface area contributed by atoms with E-state index in [0.717, 1.165) is 22.6 Å². The van der Waals surface area contributed by atoms with E-state index < -0.39 is 0 Å². The molecule has 0 saturated heterocycles. The number of aryl methyl sites for hydroxylation is 2. The third kappa shape index (κ3) is 2.59. The quantitative estimate of drug-likeness (QED) is 0.660. The van der Waals surface area contributed by atoms with Crippen LogP contribution in [0.3, 0.4) is 0 Å². The Morgan fingerprint density at radius 2 is 2.17 bits per heavy atom. The van der Waals surface area contributed by atoms with Crippen LogP contribution in [0, 0.1) is 6.92 Å². The van der Waals surface area contributed by atoms with Crippen molar-refractivity contribution in [3.05, 3.63) is 56.2 Å². The predicted octanol–water partition coefficient (Wildman–Crippen LogP) is 3.83. The van der Waals surface area contributed by atoms with Crippen molar-refractivity contribution in [2.24, 2.45) is 5.84 Å². The molecule has 0 aliphatic carbocycles. The van der Waals surface area contributed by atoms with Crippen LogP contribution in [0.5, 0.6) is 0 Å². The minimum absolute atomic E-state index is 0.0121. The topological polar surface area (TPSA) is 38.0 Å². The minimum atomic E-state index is 0.0121. The number of benzene rings is 1. The molecule has 1 aromatic heterocycles. The summed E-state index contributed by atoms with van der Waals surface area (Å²) >= 11 is 7.91. The molecule has 1 unspecified atom stereocenters. The zero-order valence-electron chi connectivity index (χ0n) is 10.5. The van der Waals surface area contributed by atoms with Crippen molar-refractivity contribution in [2.45, 2.75) is 26.3 Å². The molecule has 0 aliphatic heterocycles. The summed E-state index contributed by atoms with van der Waals surface area (Å²) in [6, 6.07) is 8.25. The Balaban J connectivity index is 2.42. The van der Waals surface area contributed by atoms with Crippen molar-refractivity contribution >= 4 is 22.9 Å². The highest BCUT2D eigenvalue weighted by molar-refractivity contribution is 7.10. The molecule has 2 aromatic rings. The van der Waals surface area contributed by atoms with Gasteiger partial charge >= 0.3 is 0 Å². The zero-order valence-corrected chi connectivity index (χ0v) is 12.1. The molecule has 0 spiro atoms. The lowest BCUT2D eigenvalue weighted by Gasteiger charge is -2.17. The summed E-state index contributed by atoms with van der Waals surface area (Å²) in [6.45, 7) is 4.15. The summed E-state index contributed by atoms with van der Waals surface area (Å²) in [6.07, 6.45) is 1.01. The van der Waals surface area contributed by atoms with Crippen LogP contribution < -0.4 is 11.3 Å². The zero-order chi connectivity index (χ0) is 13.1. The molecule has 0 saturated carbocycles. The molecule has 0 amide bonds. The Morgan fingerprint density at radius 1 is 1.39 bits per heavy atom. The molecular weight excluding hydrogens is 264 g/mol. The first-order valence-electron chi connectivity index (χ1n) is 5.95. The third-order valence-electron chi connectivity index (χ3n) is 3.12. The van der Waals surface area contributed by atoms with E-state index in [4.69, 9.17) is 17.4 Å². The number of nitrogens with two attached hydrogens (primary N) is 1. The average Bonchev–Trinajstić information content (AvgIpc) is 2.83. The van der Waals surface area contributed by atoms with Crippen molar-refractivity contribution in [3.63, 3.8) is 0 Å². The molecular formula is C14H17ClN2S. The number of nitrogens with one attached hydrogen (secondary N) is 1. The van der Waals surface area contributed by atoms with Crippen LogP contribution >= 0.6 is 22.9 Å². The number of rotatable bonds is 4. The highest BCUT2D eigenvalue weighted by atomic mass is 35.5. The van der Waals surface area contributed by atoms with Crippen molar-refractivity contribution in [2.75, 3.05) is 0 Å². The maximum Gasteiger partial charge on any atom is 0.0805 e. The predicted molar refractivity (Wildman–Crippen MR) is 79.1 cm³/mol. The molecule has 2 rings (SSSR count). The summed E-state index contributed by atoms with van der Waals surface area (Å²) in [7, 11) is 0. The molecule has 0 radical (unpaired) electrons. The van der Waals surface area contributed by atoms with Gasteiger partial charge in [0.25, 0.3) is 0 Å². The Labute approximate surface area is 117 Å². The number of halogens is 1. The largest absolute Gasteiger partial charge is 0.271 e. The lowest BCUT2D eigenvalue weighted by atomic mass is 10.0. The molecule has 0 fully saturated rings. The van der Waals surface area contributed by atoms with E-state index >= 15 is 0 Å². The highest BCUT2D eigenvalue weighted by Crippen LogP contribution is 2.31. The molecule has 3 N–H and O–H groups in total. The first-order chi connectivity index (χ1) is 8.67. The van der Waals surface area contributed by atoms with Crippen molar-refractivity contribution < 1.29 is 0 Å². The van der Waals surface area contributed by atoms with Gasteiger partial charge in [-0.05, 0) is 47.5 Å². The maximum atomic E-state index is 6.18. The van der Waals surface area contributed by atoms with Crippen molar-refractivity contribution in [1.82, 2.24) is 5.43 Å². The summed E-state index contributed by atoms with van der Waals surface area (Å²) in [5.74, 6) is 5.72. The van der Waals surface area contributed by atoms with E-state index in [0.29, 0.717) is 0 Å². The summed E-state index contributed by atoms with van der Waals surface area (Å²) in [5.41, 5.74) is 6.41. The van der Waals surface area contributed by atoms with Crippen LogP contribution in [0.4, 0.5) is 0 Å². The fourth-order valence-corrected chi connectivity index (χ4v) is 3.28. The number of hydrogen-bond acceptors (Lipinski definition) is 3. The molecule has 0 aliphatic rings. The van der Waals surface area contributed by atoms with Crippen molar-refractivity contribution in [1.29, 1.82) is 0 Å². The molecule has 96 valence electrons. The van der Waals surface area contributed by atoms with Gasteiger partial charge in [-0.3, -0.25) is 5.84 Å². The number of hydrogen-bond donors (Lipinski definition) is 2. The standard InChI is InChI=1S/C14H17ClN2S/c1-3-10-6-7-18-14(10)13(17-16)11-5-4-9(2)12(15)8-11/h4-8,13,17H,3,16H2,1-2H3. The van der Waals surface area contributed by atoms with Crippen molar-refractivity contribution in [3.8, 4) is 0 Å². The van der Waals surface area contributed by atoms with E-state index in [1.807, 2.05) is 19.1 Å².